The van der Waals surface area contributed by atoms with E-state index in [0.29, 0.717) is 25.1 Å². The van der Waals surface area contributed by atoms with Crippen molar-refractivity contribution in [3.05, 3.63) is 59.7 Å². The number of benzene rings is 2. The monoisotopic (exact) mass is 406 g/mol. The van der Waals surface area contributed by atoms with Gasteiger partial charge in [0.25, 0.3) is 0 Å². The molecule has 2 aromatic carbocycles. The molecule has 0 aromatic heterocycles. The Morgan fingerprint density at radius 2 is 1.80 bits per heavy atom. The first-order valence-electron chi connectivity index (χ1n) is 10.5. The number of ether oxygens (including phenoxy) is 1. The first-order valence-corrected chi connectivity index (χ1v) is 10.5. The third-order valence-electron chi connectivity index (χ3n) is 5.03. The summed E-state index contributed by atoms with van der Waals surface area (Å²) in [6.07, 6.45) is 2.42. The van der Waals surface area contributed by atoms with Crippen LogP contribution in [0.5, 0.6) is 0 Å². The minimum absolute atomic E-state index is 0.0487. The number of unbranched alkanes of at least 4 members (excludes halogenated alkanes) is 1. The lowest BCUT2D eigenvalue weighted by molar-refractivity contribution is -0.145. The molecule has 1 unspecified atom stereocenters. The van der Waals surface area contributed by atoms with Crippen LogP contribution in [0.3, 0.4) is 0 Å². The maximum absolute atomic E-state index is 12.8. The Kier molecular flexibility index (Phi) is 9.08. The molecule has 0 bridgehead atoms. The fourth-order valence-corrected chi connectivity index (χ4v) is 3.35. The van der Waals surface area contributed by atoms with Crippen LogP contribution in [0.2, 0.25) is 0 Å². The predicted octanol–water partition coefficient (Wildman–Crippen LogP) is 5.09. The largest absolute Gasteiger partial charge is 0.466 e. The van der Waals surface area contributed by atoms with Gasteiger partial charge in [-0.3, -0.25) is 9.59 Å². The lowest BCUT2D eigenvalue weighted by Crippen LogP contribution is -2.39. The lowest BCUT2D eigenvalue weighted by Gasteiger charge is -2.29. The van der Waals surface area contributed by atoms with E-state index in [1.165, 1.54) is 0 Å². The maximum atomic E-state index is 12.8. The number of amides is 1. The molecule has 0 heterocycles. The Morgan fingerprint density at radius 1 is 1.10 bits per heavy atom. The van der Waals surface area contributed by atoms with Gasteiger partial charge in [0.2, 0.25) is 5.91 Å². The van der Waals surface area contributed by atoms with E-state index in [1.54, 1.807) is 17.9 Å². The average Bonchev–Trinajstić information content (AvgIpc) is 2.76. The van der Waals surface area contributed by atoms with Crippen LogP contribution < -0.4 is 0 Å². The summed E-state index contributed by atoms with van der Waals surface area (Å²) < 4.78 is 5.06. The molecule has 0 fully saturated rings. The van der Waals surface area contributed by atoms with E-state index < -0.39 is 0 Å². The molecule has 30 heavy (non-hydrogen) atoms. The zero-order valence-electron chi connectivity index (χ0n) is 18.1. The molecule has 0 N–H and O–H groups in total. The Morgan fingerprint density at radius 3 is 2.43 bits per heavy atom. The van der Waals surface area contributed by atoms with Crippen LogP contribution >= 0.6 is 0 Å². The first-order chi connectivity index (χ1) is 14.5. The Balaban J connectivity index is 2.19. The van der Waals surface area contributed by atoms with Crippen molar-refractivity contribution in [1.82, 2.24) is 4.90 Å². The minimum atomic E-state index is -0.290. The number of carbonyl (C=O) groups is 2. The molecule has 0 saturated carbocycles. The number of hydrogen-bond donors (Lipinski definition) is 0. The number of rotatable bonds is 10. The van der Waals surface area contributed by atoms with Gasteiger partial charge in [-0.05, 0) is 43.0 Å². The smallest absolute Gasteiger partial charge is 0.307 e. The number of hydrogen-bond acceptors (Lipinski definition) is 4. The molecule has 0 radical (unpaired) electrons. The summed E-state index contributed by atoms with van der Waals surface area (Å²) in [5.41, 5.74) is 3.45. The van der Waals surface area contributed by atoms with Crippen LogP contribution in [0.15, 0.2) is 48.5 Å². The van der Waals surface area contributed by atoms with Crippen LogP contribution in [-0.4, -0.2) is 29.4 Å². The summed E-state index contributed by atoms with van der Waals surface area (Å²) in [5.74, 6) is -0.241. The van der Waals surface area contributed by atoms with E-state index in [1.807, 2.05) is 49.4 Å². The van der Waals surface area contributed by atoms with Crippen molar-refractivity contribution in [2.24, 2.45) is 0 Å². The van der Waals surface area contributed by atoms with Crippen molar-refractivity contribution in [2.75, 3.05) is 6.61 Å². The van der Waals surface area contributed by atoms with Gasteiger partial charge >= 0.3 is 5.97 Å². The van der Waals surface area contributed by atoms with Gasteiger partial charge in [0.15, 0.2) is 0 Å². The fraction of sp³-hybridized carbons (Fsp3) is 0.400. The molecular weight excluding hydrogens is 376 g/mol. The molecule has 2 aromatic rings. The molecule has 0 spiro atoms. The first kappa shape index (κ1) is 23.2. The standard InChI is InChI=1S/C25H30N2O3/c1-4-6-11-24(28)27(19(3)16-25(29)30-5-2)18-20-12-14-21(15-13-20)23-10-8-7-9-22(23)17-26/h7-10,12-15,19H,4-6,11,16,18H2,1-3H3. The second-order valence-corrected chi connectivity index (χ2v) is 7.34. The summed E-state index contributed by atoms with van der Waals surface area (Å²) >= 11 is 0. The number of nitriles is 1. The van der Waals surface area contributed by atoms with Gasteiger partial charge in [0.05, 0.1) is 24.7 Å². The van der Waals surface area contributed by atoms with Gasteiger partial charge in [0, 0.05) is 19.0 Å². The quantitative estimate of drug-likeness (QED) is 0.516. The molecular formula is C25H30N2O3. The Bertz CT molecular complexity index is 884. The van der Waals surface area contributed by atoms with E-state index in [2.05, 4.69) is 13.0 Å². The number of nitrogens with zero attached hydrogens (tertiary/aromatic N) is 2. The third kappa shape index (κ3) is 6.45. The van der Waals surface area contributed by atoms with E-state index in [4.69, 9.17) is 4.74 Å². The minimum Gasteiger partial charge on any atom is -0.466 e. The molecule has 1 amide bonds. The van der Waals surface area contributed by atoms with Gasteiger partial charge in [-0.2, -0.15) is 5.26 Å². The topological polar surface area (TPSA) is 70.4 Å². The third-order valence-corrected chi connectivity index (χ3v) is 5.03. The molecule has 0 aliphatic rings. The second-order valence-electron chi connectivity index (χ2n) is 7.34. The van der Waals surface area contributed by atoms with Crippen molar-refractivity contribution in [3.63, 3.8) is 0 Å². The number of carbonyl (C=O) groups excluding carboxylic acids is 2. The van der Waals surface area contributed by atoms with E-state index in [9.17, 15) is 14.9 Å². The molecule has 1 atom stereocenters. The molecule has 0 aliphatic heterocycles. The summed E-state index contributed by atoms with van der Waals surface area (Å²) in [4.78, 5) is 26.5. The zero-order chi connectivity index (χ0) is 21.9. The van der Waals surface area contributed by atoms with Crippen LogP contribution in [0.25, 0.3) is 11.1 Å². The highest BCUT2D eigenvalue weighted by Gasteiger charge is 2.23. The highest BCUT2D eigenvalue weighted by molar-refractivity contribution is 5.78. The summed E-state index contributed by atoms with van der Waals surface area (Å²) in [5, 5.41) is 9.32. The van der Waals surface area contributed by atoms with Gasteiger partial charge in [-0.25, -0.2) is 0 Å². The summed E-state index contributed by atoms with van der Waals surface area (Å²) in [6.45, 7) is 6.48. The Labute approximate surface area is 179 Å². The van der Waals surface area contributed by atoms with Crippen molar-refractivity contribution < 1.29 is 14.3 Å². The van der Waals surface area contributed by atoms with Gasteiger partial charge < -0.3 is 9.64 Å². The molecule has 2 rings (SSSR count). The molecule has 0 saturated heterocycles. The van der Waals surface area contributed by atoms with Gasteiger partial charge in [0.1, 0.15) is 0 Å². The highest BCUT2D eigenvalue weighted by atomic mass is 16.5. The van der Waals surface area contributed by atoms with Crippen molar-refractivity contribution in [3.8, 4) is 17.2 Å². The average molecular weight is 407 g/mol. The molecule has 5 heteroatoms. The lowest BCUT2D eigenvalue weighted by atomic mass is 9.99. The zero-order valence-corrected chi connectivity index (χ0v) is 18.1. The molecule has 5 nitrogen and oxygen atoms in total. The van der Waals surface area contributed by atoms with Crippen LogP contribution in [0, 0.1) is 11.3 Å². The van der Waals surface area contributed by atoms with E-state index >= 15 is 0 Å². The van der Waals surface area contributed by atoms with Gasteiger partial charge in [-0.15, -0.1) is 0 Å². The fourth-order valence-electron chi connectivity index (χ4n) is 3.35. The van der Waals surface area contributed by atoms with Crippen molar-refractivity contribution >= 4 is 11.9 Å². The van der Waals surface area contributed by atoms with Crippen LogP contribution in [0.4, 0.5) is 0 Å². The Hall–Kier alpha value is -3.13. The second kappa shape index (κ2) is 11.8. The van der Waals surface area contributed by atoms with Gasteiger partial charge in [-0.1, -0.05) is 55.8 Å². The summed E-state index contributed by atoms with van der Waals surface area (Å²) in [7, 11) is 0. The maximum Gasteiger partial charge on any atom is 0.307 e. The highest BCUT2D eigenvalue weighted by Crippen LogP contribution is 2.24. The van der Waals surface area contributed by atoms with Crippen molar-refractivity contribution in [2.45, 2.75) is 59.0 Å². The van der Waals surface area contributed by atoms with Crippen LogP contribution in [0.1, 0.15) is 57.6 Å². The van der Waals surface area contributed by atoms with Crippen molar-refractivity contribution in [1.29, 1.82) is 5.26 Å². The normalized spacial score (nSPS) is 11.4. The molecule has 158 valence electrons. The number of esters is 1. The van der Waals surface area contributed by atoms with E-state index in [0.717, 1.165) is 29.5 Å². The SMILES string of the molecule is CCCCC(=O)N(Cc1ccc(-c2ccccc2C#N)cc1)C(C)CC(=O)OCC. The van der Waals surface area contributed by atoms with E-state index in [-0.39, 0.29) is 24.3 Å². The molecule has 0 aliphatic carbocycles. The predicted molar refractivity (Wildman–Crippen MR) is 117 cm³/mol. The summed E-state index contributed by atoms with van der Waals surface area (Å²) in [6, 6.07) is 17.3. The van der Waals surface area contributed by atoms with Crippen LogP contribution in [-0.2, 0) is 20.9 Å².